The molecule has 0 aliphatic heterocycles. The number of alkyl halides is 3. The van der Waals surface area contributed by atoms with Gasteiger partial charge in [0, 0.05) is 23.9 Å². The number of halogens is 3. The van der Waals surface area contributed by atoms with Crippen molar-refractivity contribution in [3.8, 4) is 5.75 Å². The van der Waals surface area contributed by atoms with Gasteiger partial charge in [-0.2, -0.15) is 0 Å². The largest absolute Gasteiger partial charge is 0.573 e. The molecular formula is C11H13F3N2O3. The van der Waals surface area contributed by atoms with Crippen molar-refractivity contribution < 1.29 is 27.4 Å². The molecule has 19 heavy (non-hydrogen) atoms. The summed E-state index contributed by atoms with van der Waals surface area (Å²) in [4.78, 5) is 15.1. The molecule has 8 heteroatoms. The van der Waals surface area contributed by atoms with Crippen LogP contribution in [-0.4, -0.2) is 24.4 Å². The molecule has 1 aromatic heterocycles. The average molecular weight is 278 g/mol. The first-order valence-electron chi connectivity index (χ1n) is 5.28. The number of hydrogen-bond donors (Lipinski definition) is 1. The van der Waals surface area contributed by atoms with E-state index in [0.717, 1.165) is 0 Å². The molecule has 0 fully saturated rings. The molecule has 0 amide bonds. The highest BCUT2D eigenvalue weighted by Gasteiger charge is 2.33. The molecule has 0 bridgehead atoms. The SMILES string of the molecule is COC(=O)Cc1ncc(C)c(OC(F)(F)F)c1CN. The number of carbonyl (C=O) groups excluding carboxylic acids is 1. The van der Waals surface area contributed by atoms with Crippen molar-refractivity contribution in [2.24, 2.45) is 5.73 Å². The maximum absolute atomic E-state index is 12.3. The number of rotatable bonds is 4. The predicted molar refractivity (Wildman–Crippen MR) is 59.3 cm³/mol. The van der Waals surface area contributed by atoms with Crippen LogP contribution in [-0.2, 0) is 22.5 Å². The fourth-order valence-corrected chi connectivity index (χ4v) is 1.51. The third-order valence-electron chi connectivity index (χ3n) is 2.36. The highest BCUT2D eigenvalue weighted by molar-refractivity contribution is 5.72. The van der Waals surface area contributed by atoms with Crippen LogP contribution in [0, 0.1) is 6.92 Å². The van der Waals surface area contributed by atoms with E-state index in [1.165, 1.54) is 20.2 Å². The molecule has 0 saturated heterocycles. The van der Waals surface area contributed by atoms with E-state index in [1.54, 1.807) is 0 Å². The fraction of sp³-hybridized carbons (Fsp3) is 0.455. The Morgan fingerprint density at radius 3 is 2.58 bits per heavy atom. The van der Waals surface area contributed by atoms with Gasteiger partial charge in [-0.05, 0) is 6.92 Å². The lowest BCUT2D eigenvalue weighted by molar-refractivity contribution is -0.275. The first-order valence-corrected chi connectivity index (χ1v) is 5.28. The number of nitrogens with two attached hydrogens (primary N) is 1. The normalized spacial score (nSPS) is 11.3. The van der Waals surface area contributed by atoms with E-state index >= 15 is 0 Å². The van der Waals surface area contributed by atoms with E-state index in [2.05, 4.69) is 14.5 Å². The molecule has 0 saturated carbocycles. The van der Waals surface area contributed by atoms with Crippen LogP contribution >= 0.6 is 0 Å². The van der Waals surface area contributed by atoms with E-state index in [0.29, 0.717) is 0 Å². The zero-order valence-electron chi connectivity index (χ0n) is 10.4. The van der Waals surface area contributed by atoms with Crippen molar-refractivity contribution in [3.63, 3.8) is 0 Å². The molecule has 0 aliphatic carbocycles. The summed E-state index contributed by atoms with van der Waals surface area (Å²) >= 11 is 0. The number of pyridine rings is 1. The highest BCUT2D eigenvalue weighted by atomic mass is 19.4. The maximum atomic E-state index is 12.3. The second-order valence-electron chi connectivity index (χ2n) is 3.70. The number of ether oxygens (including phenoxy) is 2. The molecule has 106 valence electrons. The Labute approximate surface area is 107 Å². The van der Waals surface area contributed by atoms with E-state index in [-0.39, 0.29) is 29.8 Å². The van der Waals surface area contributed by atoms with Crippen LogP contribution in [0.4, 0.5) is 13.2 Å². The second-order valence-corrected chi connectivity index (χ2v) is 3.70. The van der Waals surface area contributed by atoms with Gasteiger partial charge in [0.1, 0.15) is 5.75 Å². The maximum Gasteiger partial charge on any atom is 0.573 e. The number of carbonyl (C=O) groups is 1. The Morgan fingerprint density at radius 2 is 2.11 bits per heavy atom. The quantitative estimate of drug-likeness (QED) is 0.844. The monoisotopic (exact) mass is 278 g/mol. The number of nitrogens with zero attached hydrogens (tertiary/aromatic N) is 1. The van der Waals surface area contributed by atoms with E-state index in [9.17, 15) is 18.0 Å². The van der Waals surface area contributed by atoms with Gasteiger partial charge in [0.2, 0.25) is 0 Å². The van der Waals surface area contributed by atoms with Gasteiger partial charge in [-0.3, -0.25) is 9.78 Å². The molecule has 1 heterocycles. The Kier molecular flexibility index (Phi) is 4.71. The minimum Gasteiger partial charge on any atom is -0.469 e. The zero-order valence-corrected chi connectivity index (χ0v) is 10.4. The van der Waals surface area contributed by atoms with Crippen LogP contribution in [0.3, 0.4) is 0 Å². The van der Waals surface area contributed by atoms with Crippen LogP contribution in [0.1, 0.15) is 16.8 Å². The Balaban J connectivity index is 3.21. The number of aromatic nitrogens is 1. The lowest BCUT2D eigenvalue weighted by Crippen LogP contribution is -2.21. The van der Waals surface area contributed by atoms with E-state index < -0.39 is 18.1 Å². The van der Waals surface area contributed by atoms with E-state index in [1.807, 2.05) is 0 Å². The van der Waals surface area contributed by atoms with Crippen molar-refractivity contribution in [2.75, 3.05) is 7.11 Å². The van der Waals surface area contributed by atoms with Gasteiger partial charge in [0.15, 0.2) is 0 Å². The van der Waals surface area contributed by atoms with Gasteiger partial charge in [-0.1, -0.05) is 0 Å². The number of hydrogen-bond acceptors (Lipinski definition) is 5. The standard InChI is InChI=1S/C11H13F3N2O3/c1-6-5-16-8(3-9(17)18-2)7(4-15)10(6)19-11(12,13)14/h5H,3-4,15H2,1-2H3. The number of esters is 1. The molecule has 2 N–H and O–H groups in total. The second kappa shape index (κ2) is 5.87. The summed E-state index contributed by atoms with van der Waals surface area (Å²) in [6, 6.07) is 0. The summed E-state index contributed by atoms with van der Waals surface area (Å²) in [5.41, 5.74) is 5.76. The minimum absolute atomic E-state index is 0.0442. The molecule has 0 unspecified atom stereocenters. The molecular weight excluding hydrogens is 265 g/mol. The third-order valence-corrected chi connectivity index (χ3v) is 2.36. The van der Waals surface area contributed by atoms with Gasteiger partial charge in [0.25, 0.3) is 0 Å². The Bertz CT molecular complexity index is 475. The lowest BCUT2D eigenvalue weighted by atomic mass is 10.1. The summed E-state index contributed by atoms with van der Waals surface area (Å²) in [6.45, 7) is 1.18. The zero-order chi connectivity index (χ0) is 14.6. The summed E-state index contributed by atoms with van der Waals surface area (Å²) < 4.78 is 45.3. The van der Waals surface area contributed by atoms with Gasteiger partial charge in [-0.15, -0.1) is 13.2 Å². The molecule has 0 aromatic carbocycles. The summed E-state index contributed by atoms with van der Waals surface area (Å²) in [7, 11) is 1.17. The summed E-state index contributed by atoms with van der Waals surface area (Å²) in [5.74, 6) is -1.03. The van der Waals surface area contributed by atoms with Crippen LogP contribution in [0.15, 0.2) is 6.20 Å². The summed E-state index contributed by atoms with van der Waals surface area (Å²) in [5, 5.41) is 0. The van der Waals surface area contributed by atoms with Gasteiger partial charge >= 0.3 is 12.3 Å². The van der Waals surface area contributed by atoms with Gasteiger partial charge < -0.3 is 15.2 Å². The van der Waals surface area contributed by atoms with Gasteiger partial charge in [0.05, 0.1) is 19.2 Å². The van der Waals surface area contributed by atoms with Crippen LogP contribution in [0.5, 0.6) is 5.75 Å². The van der Waals surface area contributed by atoms with Crippen LogP contribution in [0.2, 0.25) is 0 Å². The fourth-order valence-electron chi connectivity index (χ4n) is 1.51. The van der Waals surface area contributed by atoms with E-state index in [4.69, 9.17) is 5.73 Å². The Hall–Kier alpha value is -1.83. The minimum atomic E-state index is -4.83. The summed E-state index contributed by atoms with van der Waals surface area (Å²) in [6.07, 6.45) is -3.91. The van der Waals surface area contributed by atoms with Crippen LogP contribution < -0.4 is 10.5 Å². The van der Waals surface area contributed by atoms with Crippen LogP contribution in [0.25, 0.3) is 0 Å². The first-order chi connectivity index (χ1) is 8.78. The van der Waals surface area contributed by atoms with Crippen molar-refractivity contribution >= 4 is 5.97 Å². The number of methoxy groups -OCH3 is 1. The molecule has 0 spiro atoms. The molecule has 1 aromatic rings. The van der Waals surface area contributed by atoms with Crippen molar-refractivity contribution in [3.05, 3.63) is 23.0 Å². The number of aryl methyl sites for hydroxylation is 1. The Morgan fingerprint density at radius 1 is 1.47 bits per heavy atom. The smallest absolute Gasteiger partial charge is 0.469 e. The van der Waals surface area contributed by atoms with Crippen molar-refractivity contribution in [1.82, 2.24) is 4.98 Å². The molecule has 5 nitrogen and oxygen atoms in total. The molecule has 0 atom stereocenters. The third kappa shape index (κ3) is 4.09. The molecule has 0 aliphatic rings. The van der Waals surface area contributed by atoms with Crippen molar-refractivity contribution in [2.45, 2.75) is 26.3 Å². The van der Waals surface area contributed by atoms with Crippen molar-refractivity contribution in [1.29, 1.82) is 0 Å². The topological polar surface area (TPSA) is 74.4 Å². The van der Waals surface area contributed by atoms with Gasteiger partial charge in [-0.25, -0.2) is 0 Å². The predicted octanol–water partition coefficient (Wildman–Crippen LogP) is 1.46. The lowest BCUT2D eigenvalue weighted by Gasteiger charge is -2.16. The molecule has 0 radical (unpaired) electrons. The highest BCUT2D eigenvalue weighted by Crippen LogP contribution is 2.31. The average Bonchev–Trinajstić information content (AvgIpc) is 2.31. The first kappa shape index (κ1) is 15.2. The molecule has 1 rings (SSSR count).